The summed E-state index contributed by atoms with van der Waals surface area (Å²) in [5, 5.41) is 2.49. The number of hydrogen-bond donors (Lipinski definition) is 0. The van der Waals surface area contributed by atoms with Gasteiger partial charge >= 0.3 is 0 Å². The quantitative estimate of drug-likeness (QED) is 0.653. The van der Waals surface area contributed by atoms with Crippen molar-refractivity contribution in [2.75, 3.05) is 0 Å². The van der Waals surface area contributed by atoms with Crippen molar-refractivity contribution < 1.29 is 8.98 Å². The predicted molar refractivity (Wildman–Crippen MR) is 61.0 cm³/mol. The molecule has 0 spiro atoms. The van der Waals surface area contributed by atoms with Crippen LogP contribution in [0.1, 0.15) is 36.7 Å². The Balaban J connectivity index is 2.94. The van der Waals surface area contributed by atoms with Crippen LogP contribution in [0.15, 0.2) is 16.9 Å². The van der Waals surface area contributed by atoms with Crippen LogP contribution < -0.4 is 4.57 Å². The zero-order chi connectivity index (χ0) is 11.2. The van der Waals surface area contributed by atoms with E-state index in [1.807, 2.05) is 12.5 Å². The van der Waals surface area contributed by atoms with Crippen molar-refractivity contribution in [3.8, 4) is 0 Å². The third kappa shape index (κ3) is 1.36. The van der Waals surface area contributed by atoms with E-state index < -0.39 is 0 Å². The summed E-state index contributed by atoms with van der Waals surface area (Å²) in [4.78, 5) is 0. The summed E-state index contributed by atoms with van der Waals surface area (Å²) >= 11 is 0. The van der Waals surface area contributed by atoms with Gasteiger partial charge in [-0.2, -0.15) is 0 Å². The van der Waals surface area contributed by atoms with E-state index in [4.69, 9.17) is 4.42 Å². The van der Waals surface area contributed by atoms with Gasteiger partial charge < -0.3 is 4.42 Å². The lowest BCUT2D eigenvalue weighted by Crippen LogP contribution is -2.38. The number of furan rings is 1. The maximum Gasteiger partial charge on any atom is 0.194 e. The van der Waals surface area contributed by atoms with Gasteiger partial charge in [0.25, 0.3) is 0 Å². The number of fused-ring (bicyclic) bond motifs is 1. The Bertz CT molecular complexity index is 509. The summed E-state index contributed by atoms with van der Waals surface area (Å²) in [6.45, 7) is 8.75. The summed E-state index contributed by atoms with van der Waals surface area (Å²) in [7, 11) is 2.13. The Labute approximate surface area is 90.5 Å². The Hall–Kier alpha value is -1.31. The lowest BCUT2D eigenvalue weighted by atomic mass is 10.0. The van der Waals surface area contributed by atoms with Crippen molar-refractivity contribution in [1.29, 1.82) is 0 Å². The van der Waals surface area contributed by atoms with E-state index in [9.17, 15) is 0 Å². The Morgan fingerprint density at radius 1 is 1.13 bits per heavy atom. The molecule has 2 heterocycles. The maximum absolute atomic E-state index is 5.33. The molecule has 15 heavy (non-hydrogen) atoms. The van der Waals surface area contributed by atoms with Gasteiger partial charge in [-0.1, -0.05) is 13.8 Å². The zero-order valence-electron chi connectivity index (χ0n) is 10.1. The zero-order valence-corrected chi connectivity index (χ0v) is 10.1. The topological polar surface area (TPSA) is 17.0 Å². The average molecular weight is 204 g/mol. The predicted octanol–water partition coefficient (Wildman–Crippen LogP) is 3.00. The number of rotatable bonds is 1. The first kappa shape index (κ1) is 10.2. The van der Waals surface area contributed by atoms with Gasteiger partial charge in [-0.05, 0) is 6.92 Å². The molecule has 2 aromatic rings. The van der Waals surface area contributed by atoms with Gasteiger partial charge in [-0.15, -0.1) is 0 Å². The number of aromatic nitrogens is 1. The molecule has 0 radical (unpaired) electrons. The molecule has 0 saturated heterocycles. The largest absolute Gasteiger partial charge is 0.471 e. The fourth-order valence-electron chi connectivity index (χ4n) is 2.29. The molecule has 0 aliphatic carbocycles. The second kappa shape index (κ2) is 3.37. The lowest BCUT2D eigenvalue weighted by molar-refractivity contribution is -0.685. The molecule has 2 heteroatoms. The molecule has 2 nitrogen and oxygen atoms in total. The first-order chi connectivity index (χ1) is 7.04. The molecule has 2 rings (SSSR count). The van der Waals surface area contributed by atoms with Crippen LogP contribution in [0, 0.1) is 13.8 Å². The van der Waals surface area contributed by atoms with Crippen LogP contribution in [-0.4, -0.2) is 0 Å². The maximum atomic E-state index is 5.33. The molecule has 0 aliphatic heterocycles. The molecule has 80 valence electrons. The molecule has 0 amide bonds. The van der Waals surface area contributed by atoms with Crippen molar-refractivity contribution >= 4 is 10.8 Å². The van der Waals surface area contributed by atoms with E-state index in [-0.39, 0.29) is 0 Å². The second-order valence-electron chi connectivity index (χ2n) is 4.51. The fraction of sp³-hybridized carbons (Fsp3) is 0.462. The van der Waals surface area contributed by atoms with Crippen LogP contribution in [-0.2, 0) is 7.05 Å². The highest BCUT2D eigenvalue weighted by molar-refractivity contribution is 5.86. The first-order valence-corrected chi connectivity index (χ1v) is 5.39. The van der Waals surface area contributed by atoms with Crippen LogP contribution in [0.2, 0.25) is 0 Å². The van der Waals surface area contributed by atoms with Crippen molar-refractivity contribution in [2.45, 2.75) is 33.6 Å². The van der Waals surface area contributed by atoms with Gasteiger partial charge in [0.05, 0.1) is 11.6 Å². The van der Waals surface area contributed by atoms with Crippen LogP contribution in [0.25, 0.3) is 10.8 Å². The second-order valence-corrected chi connectivity index (χ2v) is 4.51. The highest BCUT2D eigenvalue weighted by atomic mass is 16.3. The minimum Gasteiger partial charge on any atom is -0.471 e. The number of pyridine rings is 1. The smallest absolute Gasteiger partial charge is 0.194 e. The van der Waals surface area contributed by atoms with E-state index >= 15 is 0 Å². The molecular formula is C13H18NO+. The third-order valence-corrected chi connectivity index (χ3v) is 3.30. The molecule has 0 unspecified atom stereocenters. The molecule has 0 fully saturated rings. The normalized spacial score (nSPS) is 11.6. The Morgan fingerprint density at radius 3 is 2.33 bits per heavy atom. The summed E-state index contributed by atoms with van der Waals surface area (Å²) in [5.41, 5.74) is 3.97. The van der Waals surface area contributed by atoms with Gasteiger partial charge in [-0.3, -0.25) is 0 Å². The van der Waals surface area contributed by atoms with Crippen LogP contribution >= 0.6 is 0 Å². The summed E-state index contributed by atoms with van der Waals surface area (Å²) < 4.78 is 7.61. The summed E-state index contributed by atoms with van der Waals surface area (Å²) in [6.07, 6.45) is 3.71. The van der Waals surface area contributed by atoms with Gasteiger partial charge in [0.1, 0.15) is 13.3 Å². The van der Waals surface area contributed by atoms with E-state index in [1.54, 1.807) is 0 Å². The highest BCUT2D eigenvalue weighted by Crippen LogP contribution is 2.26. The molecule has 2 aromatic heterocycles. The van der Waals surface area contributed by atoms with Crippen LogP contribution in [0.4, 0.5) is 0 Å². The molecule has 0 saturated carbocycles. The van der Waals surface area contributed by atoms with Crippen LogP contribution in [0.3, 0.4) is 0 Å². The highest BCUT2D eigenvalue weighted by Gasteiger charge is 2.22. The van der Waals surface area contributed by atoms with Crippen molar-refractivity contribution in [1.82, 2.24) is 0 Å². The Morgan fingerprint density at radius 2 is 1.73 bits per heavy atom. The SMILES string of the molecule is Cc1c(C)[n+](C)c(C(C)C)c2cocc12. The lowest BCUT2D eigenvalue weighted by Gasteiger charge is -2.09. The average Bonchev–Trinajstić information content (AvgIpc) is 2.62. The van der Waals surface area contributed by atoms with Crippen LogP contribution in [0.5, 0.6) is 0 Å². The molecule has 0 bridgehead atoms. The molecule has 0 aliphatic rings. The molecule has 0 atom stereocenters. The van der Waals surface area contributed by atoms with Gasteiger partial charge in [0.15, 0.2) is 11.4 Å². The number of aryl methyl sites for hydroxylation is 1. The van der Waals surface area contributed by atoms with Crippen molar-refractivity contribution in [2.24, 2.45) is 7.05 Å². The number of hydrogen-bond acceptors (Lipinski definition) is 1. The van der Waals surface area contributed by atoms with Gasteiger partial charge in [-0.25, -0.2) is 4.57 Å². The van der Waals surface area contributed by atoms with E-state index in [0.717, 1.165) is 0 Å². The minimum atomic E-state index is 0.509. The van der Waals surface area contributed by atoms with Gasteiger partial charge in [0, 0.05) is 23.8 Å². The van der Waals surface area contributed by atoms with E-state index in [2.05, 4.69) is 39.3 Å². The fourth-order valence-corrected chi connectivity index (χ4v) is 2.29. The molecule has 0 aromatic carbocycles. The van der Waals surface area contributed by atoms with Gasteiger partial charge in [0.2, 0.25) is 0 Å². The molecular weight excluding hydrogens is 186 g/mol. The first-order valence-electron chi connectivity index (χ1n) is 5.39. The van der Waals surface area contributed by atoms with Crippen molar-refractivity contribution in [3.05, 3.63) is 29.5 Å². The Kier molecular flexibility index (Phi) is 2.29. The number of nitrogens with zero attached hydrogens (tertiary/aromatic N) is 1. The minimum absolute atomic E-state index is 0.509. The third-order valence-electron chi connectivity index (χ3n) is 3.30. The summed E-state index contributed by atoms with van der Waals surface area (Å²) in [6, 6.07) is 0. The molecule has 0 N–H and O–H groups in total. The standard InChI is InChI=1S/C13H18NO/c1-8(2)13-12-7-15-6-11(12)9(3)10(4)14(13)5/h6-8H,1-5H3/q+1. The van der Waals surface area contributed by atoms with E-state index in [0.29, 0.717) is 5.92 Å². The van der Waals surface area contributed by atoms with E-state index in [1.165, 1.54) is 27.7 Å². The summed E-state index contributed by atoms with van der Waals surface area (Å²) in [5.74, 6) is 0.509. The monoisotopic (exact) mass is 204 g/mol. The van der Waals surface area contributed by atoms with Crippen molar-refractivity contribution in [3.63, 3.8) is 0 Å².